The van der Waals surface area contributed by atoms with Crippen LogP contribution in [-0.2, 0) is 0 Å². The lowest BCUT2D eigenvalue weighted by Gasteiger charge is -2.01. The molecule has 18 heavy (non-hydrogen) atoms. The smallest absolute Gasteiger partial charge is 0.356 e. The van der Waals surface area contributed by atoms with Crippen LogP contribution in [0.15, 0.2) is 18.2 Å². The first-order valence-corrected chi connectivity index (χ1v) is 6.07. The molecule has 3 rings (SSSR count). The number of carboxylic acid groups (broad SMARTS) is 1. The maximum atomic E-state index is 11.1. The fourth-order valence-electron chi connectivity index (χ4n) is 1.81. The molecule has 1 N–H and O–H groups in total. The number of rotatable bonds is 2. The van der Waals surface area contributed by atoms with Crippen molar-refractivity contribution in [2.75, 3.05) is 6.79 Å². The fraction of sp³-hybridized carbons (Fsp3) is 0.167. The number of hydrogen-bond donors (Lipinski definition) is 1. The van der Waals surface area contributed by atoms with E-state index in [1.807, 2.05) is 6.07 Å². The van der Waals surface area contributed by atoms with Crippen LogP contribution in [0.25, 0.3) is 10.4 Å². The van der Waals surface area contributed by atoms with Gasteiger partial charge in [-0.3, -0.25) is 0 Å². The fourth-order valence-corrected chi connectivity index (χ4v) is 2.71. The number of thiazole rings is 1. The highest BCUT2D eigenvalue weighted by Gasteiger charge is 2.20. The van der Waals surface area contributed by atoms with Gasteiger partial charge in [0, 0.05) is 0 Å². The van der Waals surface area contributed by atoms with Gasteiger partial charge in [-0.1, -0.05) is 0 Å². The Kier molecular flexibility index (Phi) is 2.45. The molecule has 0 spiro atoms. The minimum Gasteiger partial charge on any atom is -0.476 e. The number of ether oxygens (including phenoxy) is 2. The summed E-state index contributed by atoms with van der Waals surface area (Å²) in [6.07, 6.45) is 0. The number of hydrogen-bond acceptors (Lipinski definition) is 5. The van der Waals surface area contributed by atoms with Gasteiger partial charge in [0.15, 0.2) is 17.2 Å². The standard InChI is InChI=1S/C12H9NO4S/c1-6-13-10(12(14)15)11(18-6)7-2-3-8-9(4-7)17-5-16-8/h2-4H,5H2,1H3,(H,14,15). The molecule has 0 unspecified atom stereocenters. The summed E-state index contributed by atoms with van der Waals surface area (Å²) in [6.45, 7) is 1.99. The molecule has 0 bridgehead atoms. The zero-order valence-electron chi connectivity index (χ0n) is 9.47. The third kappa shape index (κ3) is 1.70. The van der Waals surface area contributed by atoms with Crippen molar-refractivity contribution in [2.45, 2.75) is 6.92 Å². The summed E-state index contributed by atoms with van der Waals surface area (Å²) in [5, 5.41) is 9.84. The Morgan fingerprint density at radius 1 is 1.39 bits per heavy atom. The molecule has 0 saturated carbocycles. The quantitative estimate of drug-likeness (QED) is 0.901. The number of carbonyl (C=O) groups is 1. The SMILES string of the molecule is Cc1nc(C(=O)O)c(-c2ccc3c(c2)OCO3)s1. The summed E-state index contributed by atoms with van der Waals surface area (Å²) in [5.74, 6) is 0.291. The maximum absolute atomic E-state index is 11.1. The Balaban J connectivity index is 2.12. The van der Waals surface area contributed by atoms with Gasteiger partial charge in [-0.15, -0.1) is 11.3 Å². The number of aromatic nitrogens is 1. The van der Waals surface area contributed by atoms with Crippen molar-refractivity contribution in [2.24, 2.45) is 0 Å². The van der Waals surface area contributed by atoms with Crippen molar-refractivity contribution in [3.63, 3.8) is 0 Å². The second kappa shape index (κ2) is 3.99. The van der Waals surface area contributed by atoms with E-state index in [4.69, 9.17) is 14.6 Å². The van der Waals surface area contributed by atoms with Crippen LogP contribution in [0.2, 0.25) is 0 Å². The third-order valence-electron chi connectivity index (χ3n) is 2.57. The summed E-state index contributed by atoms with van der Waals surface area (Å²) in [6, 6.07) is 5.37. The van der Waals surface area contributed by atoms with E-state index in [1.165, 1.54) is 11.3 Å². The number of carboxylic acids is 1. The molecule has 92 valence electrons. The van der Waals surface area contributed by atoms with E-state index < -0.39 is 5.97 Å². The van der Waals surface area contributed by atoms with Crippen molar-refractivity contribution in [3.8, 4) is 21.9 Å². The number of aromatic carboxylic acids is 1. The van der Waals surface area contributed by atoms with Crippen molar-refractivity contribution >= 4 is 17.3 Å². The lowest BCUT2D eigenvalue weighted by molar-refractivity contribution is 0.0692. The van der Waals surface area contributed by atoms with E-state index in [0.717, 1.165) is 10.6 Å². The molecule has 6 heteroatoms. The van der Waals surface area contributed by atoms with Gasteiger partial charge in [-0.05, 0) is 30.7 Å². The largest absolute Gasteiger partial charge is 0.476 e. The summed E-state index contributed by atoms with van der Waals surface area (Å²) >= 11 is 1.35. The topological polar surface area (TPSA) is 68.7 Å². The van der Waals surface area contributed by atoms with E-state index in [9.17, 15) is 4.79 Å². The van der Waals surface area contributed by atoms with Crippen molar-refractivity contribution in [1.82, 2.24) is 4.98 Å². The lowest BCUT2D eigenvalue weighted by Crippen LogP contribution is -1.98. The van der Waals surface area contributed by atoms with Gasteiger partial charge in [-0.2, -0.15) is 0 Å². The average Bonchev–Trinajstić information content (AvgIpc) is 2.93. The summed E-state index contributed by atoms with van der Waals surface area (Å²) < 4.78 is 10.5. The number of nitrogens with zero attached hydrogens (tertiary/aromatic N) is 1. The van der Waals surface area contributed by atoms with E-state index in [1.54, 1.807) is 19.1 Å². The van der Waals surface area contributed by atoms with Crippen LogP contribution in [0.3, 0.4) is 0 Å². The van der Waals surface area contributed by atoms with Gasteiger partial charge in [0.2, 0.25) is 6.79 Å². The zero-order chi connectivity index (χ0) is 12.7. The van der Waals surface area contributed by atoms with Crippen molar-refractivity contribution in [3.05, 3.63) is 28.9 Å². The first-order valence-electron chi connectivity index (χ1n) is 5.26. The Morgan fingerprint density at radius 2 is 2.17 bits per heavy atom. The molecule has 0 atom stereocenters. The molecular formula is C12H9NO4S. The molecule has 5 nitrogen and oxygen atoms in total. The first kappa shape index (κ1) is 11.0. The van der Waals surface area contributed by atoms with Gasteiger partial charge in [0.05, 0.1) is 9.88 Å². The summed E-state index contributed by atoms with van der Waals surface area (Å²) in [7, 11) is 0. The normalized spacial score (nSPS) is 12.7. The van der Waals surface area contributed by atoms with Crippen LogP contribution < -0.4 is 9.47 Å². The molecule has 1 aliphatic heterocycles. The highest BCUT2D eigenvalue weighted by atomic mass is 32.1. The van der Waals surface area contributed by atoms with Crippen LogP contribution in [-0.4, -0.2) is 22.9 Å². The summed E-state index contributed by atoms with van der Waals surface area (Å²) in [4.78, 5) is 15.8. The van der Waals surface area contributed by atoms with Crippen LogP contribution in [0.4, 0.5) is 0 Å². The Morgan fingerprint density at radius 3 is 2.94 bits per heavy atom. The Labute approximate surface area is 107 Å². The molecule has 1 aromatic heterocycles. The third-order valence-corrected chi connectivity index (χ3v) is 3.59. The Hall–Kier alpha value is -2.08. The van der Waals surface area contributed by atoms with Gasteiger partial charge < -0.3 is 14.6 Å². The van der Waals surface area contributed by atoms with Crippen LogP contribution in [0.5, 0.6) is 11.5 Å². The number of benzene rings is 1. The van der Waals surface area contributed by atoms with Crippen molar-refractivity contribution < 1.29 is 19.4 Å². The first-order chi connectivity index (χ1) is 8.65. The molecule has 1 aromatic carbocycles. The minimum atomic E-state index is -1.02. The van der Waals surface area contributed by atoms with Gasteiger partial charge >= 0.3 is 5.97 Å². The molecule has 0 fully saturated rings. The highest BCUT2D eigenvalue weighted by molar-refractivity contribution is 7.15. The number of aryl methyl sites for hydroxylation is 1. The molecule has 0 radical (unpaired) electrons. The second-order valence-electron chi connectivity index (χ2n) is 3.78. The molecule has 0 amide bonds. The monoisotopic (exact) mass is 263 g/mol. The minimum absolute atomic E-state index is 0.0800. The average molecular weight is 263 g/mol. The molecule has 2 heterocycles. The van der Waals surface area contributed by atoms with E-state index in [0.29, 0.717) is 16.4 Å². The van der Waals surface area contributed by atoms with Crippen LogP contribution in [0.1, 0.15) is 15.5 Å². The molecular weight excluding hydrogens is 254 g/mol. The second-order valence-corrected chi connectivity index (χ2v) is 4.99. The molecule has 0 aliphatic carbocycles. The highest BCUT2D eigenvalue weighted by Crippen LogP contribution is 2.38. The van der Waals surface area contributed by atoms with E-state index in [2.05, 4.69) is 4.98 Å². The molecule has 1 aliphatic rings. The zero-order valence-corrected chi connectivity index (χ0v) is 10.3. The van der Waals surface area contributed by atoms with Gasteiger partial charge in [-0.25, -0.2) is 9.78 Å². The van der Waals surface area contributed by atoms with Gasteiger partial charge in [0.25, 0.3) is 0 Å². The van der Waals surface area contributed by atoms with Crippen molar-refractivity contribution in [1.29, 1.82) is 0 Å². The number of fused-ring (bicyclic) bond motifs is 1. The maximum Gasteiger partial charge on any atom is 0.356 e. The lowest BCUT2D eigenvalue weighted by atomic mass is 10.1. The van der Waals surface area contributed by atoms with Crippen LogP contribution in [0, 0.1) is 6.92 Å². The van der Waals surface area contributed by atoms with Gasteiger partial charge in [0.1, 0.15) is 0 Å². The summed E-state index contributed by atoms with van der Waals surface area (Å²) in [5.41, 5.74) is 0.860. The Bertz CT molecular complexity index is 635. The van der Waals surface area contributed by atoms with E-state index >= 15 is 0 Å². The predicted octanol–water partition coefficient (Wildman–Crippen LogP) is 2.55. The molecule has 0 saturated heterocycles. The molecule has 2 aromatic rings. The predicted molar refractivity (Wildman–Crippen MR) is 65.4 cm³/mol. The van der Waals surface area contributed by atoms with E-state index in [-0.39, 0.29) is 12.5 Å². The van der Waals surface area contributed by atoms with Crippen LogP contribution >= 0.6 is 11.3 Å².